The second-order valence-electron chi connectivity index (χ2n) is 7.42. The molecule has 4 rings (SSSR count). The standard InChI is InChI=1S/C22H24FN5O/c1-14-3-9-18(10-4-14)25-21-20(16-5-7-17(23)8-6-16)26-19-13-27(11-12-28(19)21)22(29)15(2)24/h3-10,15,25H,11-13,24H2,1-2H3. The van der Waals surface area contributed by atoms with Crippen molar-refractivity contribution in [1.29, 1.82) is 0 Å². The fourth-order valence-electron chi connectivity index (χ4n) is 3.52. The Labute approximate surface area is 169 Å². The maximum absolute atomic E-state index is 13.4. The lowest BCUT2D eigenvalue weighted by atomic mass is 10.1. The van der Waals surface area contributed by atoms with Crippen LogP contribution < -0.4 is 11.1 Å². The van der Waals surface area contributed by atoms with Gasteiger partial charge in [0.05, 0.1) is 12.6 Å². The molecule has 2 heterocycles. The number of fused-ring (bicyclic) bond motifs is 1. The second-order valence-corrected chi connectivity index (χ2v) is 7.42. The number of rotatable bonds is 4. The van der Waals surface area contributed by atoms with Crippen LogP contribution in [0, 0.1) is 12.7 Å². The van der Waals surface area contributed by atoms with Gasteiger partial charge < -0.3 is 20.5 Å². The van der Waals surface area contributed by atoms with Crippen LogP contribution in [0.2, 0.25) is 0 Å². The Balaban J connectivity index is 1.74. The maximum Gasteiger partial charge on any atom is 0.239 e. The van der Waals surface area contributed by atoms with Gasteiger partial charge in [0.2, 0.25) is 5.91 Å². The number of benzene rings is 2. The number of aromatic nitrogens is 2. The number of hydrogen-bond acceptors (Lipinski definition) is 4. The average molecular weight is 393 g/mol. The van der Waals surface area contributed by atoms with Crippen molar-refractivity contribution < 1.29 is 9.18 Å². The van der Waals surface area contributed by atoms with Crippen molar-refractivity contribution in [3.8, 4) is 11.3 Å². The van der Waals surface area contributed by atoms with Gasteiger partial charge in [-0.25, -0.2) is 9.37 Å². The number of nitrogens with two attached hydrogens (primary N) is 1. The molecule has 0 saturated heterocycles. The molecule has 0 spiro atoms. The lowest BCUT2D eigenvalue weighted by molar-refractivity contribution is -0.133. The number of nitrogens with one attached hydrogen (secondary N) is 1. The molecule has 1 unspecified atom stereocenters. The smallest absolute Gasteiger partial charge is 0.239 e. The first-order chi connectivity index (χ1) is 13.9. The first-order valence-corrected chi connectivity index (χ1v) is 9.66. The Morgan fingerprint density at radius 1 is 1.14 bits per heavy atom. The van der Waals surface area contributed by atoms with Crippen molar-refractivity contribution in [1.82, 2.24) is 14.5 Å². The van der Waals surface area contributed by atoms with E-state index in [-0.39, 0.29) is 11.7 Å². The quantitative estimate of drug-likeness (QED) is 0.712. The number of carbonyl (C=O) groups excluding carboxylic acids is 1. The summed E-state index contributed by atoms with van der Waals surface area (Å²) >= 11 is 0. The summed E-state index contributed by atoms with van der Waals surface area (Å²) in [7, 11) is 0. The van der Waals surface area contributed by atoms with Crippen molar-refractivity contribution in [2.24, 2.45) is 5.73 Å². The van der Waals surface area contributed by atoms with Gasteiger partial charge in [-0.3, -0.25) is 4.79 Å². The normalized spacial score (nSPS) is 14.4. The molecule has 1 aliphatic rings. The summed E-state index contributed by atoms with van der Waals surface area (Å²) in [4.78, 5) is 18.9. The first-order valence-electron chi connectivity index (χ1n) is 9.66. The molecule has 3 aromatic rings. The fraction of sp³-hybridized carbons (Fsp3) is 0.273. The molecule has 3 N–H and O–H groups in total. The number of halogens is 1. The third-order valence-corrected chi connectivity index (χ3v) is 5.11. The molecule has 7 heteroatoms. The summed E-state index contributed by atoms with van der Waals surface area (Å²) in [5.41, 5.74) is 9.44. The highest BCUT2D eigenvalue weighted by molar-refractivity contribution is 5.82. The summed E-state index contributed by atoms with van der Waals surface area (Å²) in [6.45, 7) is 5.30. The molecule has 0 bridgehead atoms. The van der Waals surface area contributed by atoms with E-state index in [9.17, 15) is 9.18 Å². The Morgan fingerprint density at radius 3 is 2.48 bits per heavy atom. The van der Waals surface area contributed by atoms with Crippen molar-refractivity contribution in [2.75, 3.05) is 11.9 Å². The zero-order valence-electron chi connectivity index (χ0n) is 16.5. The third-order valence-electron chi connectivity index (χ3n) is 5.11. The Hall–Kier alpha value is -3.19. The first kappa shape index (κ1) is 19.1. The van der Waals surface area contributed by atoms with Crippen molar-refractivity contribution in [2.45, 2.75) is 33.0 Å². The van der Waals surface area contributed by atoms with E-state index in [2.05, 4.69) is 9.88 Å². The van der Waals surface area contributed by atoms with Crippen LogP contribution in [0.15, 0.2) is 48.5 Å². The Kier molecular flexibility index (Phi) is 5.07. The van der Waals surface area contributed by atoms with Crippen LogP contribution in [0.1, 0.15) is 18.3 Å². The molecular formula is C22H24FN5O. The van der Waals surface area contributed by atoms with Crippen molar-refractivity contribution >= 4 is 17.4 Å². The van der Waals surface area contributed by atoms with Gasteiger partial charge in [0.25, 0.3) is 0 Å². The largest absolute Gasteiger partial charge is 0.340 e. The topological polar surface area (TPSA) is 76.2 Å². The summed E-state index contributed by atoms with van der Waals surface area (Å²) in [5, 5.41) is 3.47. The van der Waals surface area contributed by atoms with Crippen LogP contribution in [0.25, 0.3) is 11.3 Å². The summed E-state index contributed by atoms with van der Waals surface area (Å²) < 4.78 is 15.5. The fourth-order valence-corrected chi connectivity index (χ4v) is 3.52. The Bertz CT molecular complexity index is 1020. The molecule has 1 atom stereocenters. The zero-order chi connectivity index (χ0) is 20.5. The van der Waals surface area contributed by atoms with E-state index in [1.165, 1.54) is 17.7 Å². The van der Waals surface area contributed by atoms with Crippen molar-refractivity contribution in [3.63, 3.8) is 0 Å². The van der Waals surface area contributed by atoms with Crippen LogP contribution in [0.3, 0.4) is 0 Å². The Morgan fingerprint density at radius 2 is 1.83 bits per heavy atom. The number of hydrogen-bond donors (Lipinski definition) is 2. The number of aryl methyl sites for hydroxylation is 1. The van der Waals surface area contributed by atoms with Gasteiger partial charge in [-0.05, 0) is 50.2 Å². The number of imidazole rings is 1. The molecule has 6 nitrogen and oxygen atoms in total. The van der Waals surface area contributed by atoms with E-state index in [1.54, 1.807) is 24.0 Å². The molecule has 1 aliphatic heterocycles. The zero-order valence-corrected chi connectivity index (χ0v) is 16.5. The van der Waals surface area contributed by atoms with Gasteiger partial charge in [0, 0.05) is 24.3 Å². The lowest BCUT2D eigenvalue weighted by Crippen LogP contribution is -2.45. The second kappa shape index (κ2) is 7.67. The summed E-state index contributed by atoms with van der Waals surface area (Å²) in [5.74, 6) is 1.23. The number of nitrogens with zero attached hydrogens (tertiary/aromatic N) is 3. The predicted molar refractivity (Wildman–Crippen MR) is 111 cm³/mol. The maximum atomic E-state index is 13.4. The summed E-state index contributed by atoms with van der Waals surface area (Å²) in [6, 6.07) is 13.8. The minimum absolute atomic E-state index is 0.0874. The summed E-state index contributed by atoms with van der Waals surface area (Å²) in [6.07, 6.45) is 0. The molecule has 0 saturated carbocycles. The van der Waals surface area contributed by atoms with E-state index in [4.69, 9.17) is 10.7 Å². The van der Waals surface area contributed by atoms with E-state index < -0.39 is 6.04 Å². The molecule has 1 amide bonds. The van der Waals surface area contributed by atoms with Crippen LogP contribution >= 0.6 is 0 Å². The van der Waals surface area contributed by atoms with Gasteiger partial charge >= 0.3 is 0 Å². The molecule has 1 aromatic heterocycles. The van der Waals surface area contributed by atoms with Crippen LogP contribution in [-0.2, 0) is 17.9 Å². The van der Waals surface area contributed by atoms with E-state index in [0.29, 0.717) is 19.6 Å². The molecule has 150 valence electrons. The van der Waals surface area contributed by atoms with E-state index in [0.717, 1.165) is 28.6 Å². The highest BCUT2D eigenvalue weighted by atomic mass is 19.1. The van der Waals surface area contributed by atoms with Crippen molar-refractivity contribution in [3.05, 3.63) is 65.7 Å². The number of amides is 1. The average Bonchev–Trinajstić information content (AvgIpc) is 3.07. The van der Waals surface area contributed by atoms with Gasteiger partial charge in [-0.15, -0.1) is 0 Å². The monoisotopic (exact) mass is 393 g/mol. The van der Waals surface area contributed by atoms with Gasteiger partial charge in [-0.1, -0.05) is 17.7 Å². The molecule has 0 radical (unpaired) electrons. The molecule has 29 heavy (non-hydrogen) atoms. The SMILES string of the molecule is Cc1ccc(Nc2c(-c3ccc(F)cc3)nc3n2CCN(C(=O)C(C)N)C3)cc1. The minimum atomic E-state index is -0.543. The number of anilines is 2. The van der Waals surface area contributed by atoms with Crippen LogP contribution in [-0.4, -0.2) is 32.9 Å². The molecular weight excluding hydrogens is 369 g/mol. The van der Waals surface area contributed by atoms with Crippen LogP contribution in [0.4, 0.5) is 15.9 Å². The van der Waals surface area contributed by atoms with E-state index >= 15 is 0 Å². The molecule has 0 fully saturated rings. The minimum Gasteiger partial charge on any atom is -0.340 e. The van der Waals surface area contributed by atoms with Gasteiger partial charge in [0.1, 0.15) is 23.2 Å². The third kappa shape index (κ3) is 3.86. The van der Waals surface area contributed by atoms with Gasteiger partial charge in [-0.2, -0.15) is 0 Å². The highest BCUT2D eigenvalue weighted by Gasteiger charge is 2.28. The van der Waals surface area contributed by atoms with Gasteiger partial charge in [0.15, 0.2) is 0 Å². The number of carbonyl (C=O) groups is 1. The molecule has 2 aromatic carbocycles. The highest BCUT2D eigenvalue weighted by Crippen LogP contribution is 2.33. The molecule has 0 aliphatic carbocycles. The van der Waals surface area contributed by atoms with E-state index in [1.807, 2.05) is 31.2 Å². The predicted octanol–water partition coefficient (Wildman–Crippen LogP) is 3.43. The lowest BCUT2D eigenvalue weighted by Gasteiger charge is -2.29. The van der Waals surface area contributed by atoms with Crippen LogP contribution in [0.5, 0.6) is 0 Å².